The molecule has 2 saturated heterocycles. The molecular formula is C12H17ClN4O. The van der Waals surface area contributed by atoms with Gasteiger partial charge in [0, 0.05) is 19.1 Å². The number of piperidine rings is 1. The first-order valence-corrected chi connectivity index (χ1v) is 6.70. The molecule has 0 aliphatic carbocycles. The lowest BCUT2D eigenvalue weighted by atomic mass is 9.94. The van der Waals surface area contributed by atoms with Gasteiger partial charge in [0.05, 0.1) is 13.3 Å². The van der Waals surface area contributed by atoms with E-state index in [2.05, 4.69) is 20.2 Å². The molecule has 98 valence electrons. The second kappa shape index (κ2) is 4.90. The van der Waals surface area contributed by atoms with Crippen molar-refractivity contribution in [3.8, 4) is 6.01 Å². The van der Waals surface area contributed by atoms with Crippen molar-refractivity contribution in [2.75, 3.05) is 31.6 Å². The fourth-order valence-corrected chi connectivity index (χ4v) is 3.09. The molecule has 0 unspecified atom stereocenters. The van der Waals surface area contributed by atoms with Gasteiger partial charge in [-0.3, -0.25) is 0 Å². The van der Waals surface area contributed by atoms with Crippen LogP contribution in [-0.2, 0) is 0 Å². The summed E-state index contributed by atoms with van der Waals surface area (Å²) in [4.78, 5) is 10.6. The Morgan fingerprint density at radius 1 is 1.50 bits per heavy atom. The molecule has 2 atom stereocenters. The van der Waals surface area contributed by atoms with E-state index >= 15 is 0 Å². The highest BCUT2D eigenvalue weighted by molar-refractivity contribution is 6.32. The van der Waals surface area contributed by atoms with Gasteiger partial charge in [0.1, 0.15) is 5.02 Å². The Labute approximate surface area is 112 Å². The number of nitrogens with zero attached hydrogens (tertiary/aromatic N) is 3. The number of anilines is 1. The van der Waals surface area contributed by atoms with E-state index in [9.17, 15) is 0 Å². The maximum Gasteiger partial charge on any atom is 0.318 e. The third kappa shape index (κ3) is 2.12. The van der Waals surface area contributed by atoms with Gasteiger partial charge in [-0.2, -0.15) is 4.98 Å². The topological polar surface area (TPSA) is 50.3 Å². The van der Waals surface area contributed by atoms with E-state index < -0.39 is 0 Å². The van der Waals surface area contributed by atoms with Crippen molar-refractivity contribution in [1.29, 1.82) is 0 Å². The molecule has 3 rings (SSSR count). The van der Waals surface area contributed by atoms with Crippen LogP contribution in [0, 0.1) is 5.92 Å². The van der Waals surface area contributed by atoms with Crippen molar-refractivity contribution in [2.24, 2.45) is 5.92 Å². The SMILES string of the molecule is COc1ncc(Cl)c(N2C[C@@H]3CCCN[C@@H]3C2)n1. The summed E-state index contributed by atoms with van der Waals surface area (Å²) in [5.41, 5.74) is 0. The lowest BCUT2D eigenvalue weighted by Gasteiger charge is -2.24. The zero-order valence-corrected chi connectivity index (χ0v) is 11.2. The number of methoxy groups -OCH3 is 1. The standard InChI is InChI=1S/C12H17ClN4O/c1-18-12-15-5-9(13)11(16-12)17-6-8-3-2-4-14-10(8)7-17/h5,8,10,14H,2-4,6-7H2,1H3/t8-,10+/m0/s1. The number of fused-ring (bicyclic) bond motifs is 1. The highest BCUT2D eigenvalue weighted by Crippen LogP contribution is 2.32. The van der Waals surface area contributed by atoms with E-state index in [1.807, 2.05) is 0 Å². The Morgan fingerprint density at radius 3 is 3.17 bits per heavy atom. The maximum absolute atomic E-state index is 6.19. The summed E-state index contributed by atoms with van der Waals surface area (Å²) < 4.78 is 5.06. The van der Waals surface area contributed by atoms with Gasteiger partial charge in [0.2, 0.25) is 0 Å². The zero-order valence-electron chi connectivity index (χ0n) is 10.4. The molecule has 0 saturated carbocycles. The maximum atomic E-state index is 6.19. The molecular weight excluding hydrogens is 252 g/mol. The summed E-state index contributed by atoms with van der Waals surface area (Å²) in [6, 6.07) is 0.938. The van der Waals surface area contributed by atoms with Gasteiger partial charge in [0.15, 0.2) is 5.82 Å². The molecule has 2 aliphatic heterocycles. The number of halogens is 1. The van der Waals surface area contributed by atoms with Gasteiger partial charge in [0.25, 0.3) is 0 Å². The van der Waals surface area contributed by atoms with Crippen LogP contribution in [0.5, 0.6) is 6.01 Å². The fraction of sp³-hybridized carbons (Fsp3) is 0.667. The predicted octanol–water partition coefficient (Wildman–Crippen LogP) is 1.33. The average molecular weight is 269 g/mol. The number of rotatable bonds is 2. The molecule has 1 aromatic rings. The minimum Gasteiger partial charge on any atom is -0.467 e. The van der Waals surface area contributed by atoms with Crippen LogP contribution in [0.25, 0.3) is 0 Å². The molecule has 2 fully saturated rings. The van der Waals surface area contributed by atoms with Crippen molar-refractivity contribution in [1.82, 2.24) is 15.3 Å². The number of aromatic nitrogens is 2. The highest BCUT2D eigenvalue weighted by atomic mass is 35.5. The quantitative estimate of drug-likeness (QED) is 0.877. The van der Waals surface area contributed by atoms with Crippen LogP contribution in [0.15, 0.2) is 6.20 Å². The number of hydrogen-bond acceptors (Lipinski definition) is 5. The smallest absolute Gasteiger partial charge is 0.318 e. The molecule has 3 heterocycles. The molecule has 0 amide bonds. The third-order valence-corrected chi connectivity index (χ3v) is 4.05. The van der Waals surface area contributed by atoms with Crippen LogP contribution < -0.4 is 15.0 Å². The zero-order chi connectivity index (χ0) is 12.5. The van der Waals surface area contributed by atoms with Crippen LogP contribution in [0.1, 0.15) is 12.8 Å². The van der Waals surface area contributed by atoms with E-state index in [4.69, 9.17) is 16.3 Å². The normalized spacial score (nSPS) is 27.1. The molecule has 0 radical (unpaired) electrons. The number of nitrogens with one attached hydrogen (secondary N) is 1. The predicted molar refractivity (Wildman–Crippen MR) is 70.3 cm³/mol. The number of ether oxygens (including phenoxy) is 1. The van der Waals surface area contributed by atoms with Crippen molar-refractivity contribution >= 4 is 17.4 Å². The molecule has 0 aromatic carbocycles. The van der Waals surface area contributed by atoms with E-state index in [-0.39, 0.29) is 0 Å². The van der Waals surface area contributed by atoms with Crippen molar-refractivity contribution in [3.63, 3.8) is 0 Å². The molecule has 0 spiro atoms. The molecule has 6 heteroatoms. The minimum atomic E-state index is 0.372. The van der Waals surface area contributed by atoms with Crippen molar-refractivity contribution in [2.45, 2.75) is 18.9 Å². The lowest BCUT2D eigenvalue weighted by molar-refractivity contribution is 0.340. The van der Waals surface area contributed by atoms with E-state index in [1.54, 1.807) is 13.3 Å². The molecule has 18 heavy (non-hydrogen) atoms. The van der Waals surface area contributed by atoms with Gasteiger partial charge in [-0.15, -0.1) is 0 Å². The first kappa shape index (κ1) is 12.0. The summed E-state index contributed by atoms with van der Waals surface area (Å²) in [6.07, 6.45) is 4.15. The molecule has 5 nitrogen and oxygen atoms in total. The first-order valence-electron chi connectivity index (χ1n) is 6.33. The summed E-state index contributed by atoms with van der Waals surface area (Å²) in [6.45, 7) is 3.10. The first-order chi connectivity index (χ1) is 8.78. The fourth-order valence-electron chi connectivity index (χ4n) is 2.88. The number of hydrogen-bond donors (Lipinski definition) is 1. The average Bonchev–Trinajstić information content (AvgIpc) is 2.82. The van der Waals surface area contributed by atoms with Crippen LogP contribution in [0.4, 0.5) is 5.82 Å². The van der Waals surface area contributed by atoms with Crippen LogP contribution in [0.3, 0.4) is 0 Å². The third-order valence-electron chi connectivity index (χ3n) is 3.78. The molecule has 0 bridgehead atoms. The Morgan fingerprint density at radius 2 is 2.39 bits per heavy atom. The summed E-state index contributed by atoms with van der Waals surface area (Å²) in [5.74, 6) is 1.50. The largest absolute Gasteiger partial charge is 0.467 e. The van der Waals surface area contributed by atoms with Gasteiger partial charge < -0.3 is 15.0 Å². The van der Waals surface area contributed by atoms with E-state index in [0.717, 1.165) is 25.5 Å². The molecule has 1 aromatic heterocycles. The summed E-state index contributed by atoms with van der Waals surface area (Å²) >= 11 is 6.19. The Bertz CT molecular complexity index is 428. The minimum absolute atomic E-state index is 0.372. The van der Waals surface area contributed by atoms with Gasteiger partial charge in [-0.05, 0) is 25.3 Å². The lowest BCUT2D eigenvalue weighted by Crippen LogP contribution is -2.40. The van der Waals surface area contributed by atoms with E-state index in [1.165, 1.54) is 12.8 Å². The second-order valence-corrected chi connectivity index (χ2v) is 5.30. The van der Waals surface area contributed by atoms with Crippen LogP contribution in [0.2, 0.25) is 5.02 Å². The van der Waals surface area contributed by atoms with E-state index in [0.29, 0.717) is 23.0 Å². The van der Waals surface area contributed by atoms with Crippen molar-refractivity contribution < 1.29 is 4.74 Å². The van der Waals surface area contributed by atoms with Gasteiger partial charge >= 0.3 is 6.01 Å². The second-order valence-electron chi connectivity index (χ2n) is 4.90. The van der Waals surface area contributed by atoms with Crippen LogP contribution >= 0.6 is 11.6 Å². The molecule has 2 aliphatic rings. The summed E-state index contributed by atoms with van der Waals surface area (Å²) in [5, 5.41) is 4.16. The van der Waals surface area contributed by atoms with Crippen LogP contribution in [-0.4, -0.2) is 42.8 Å². The molecule has 1 N–H and O–H groups in total. The van der Waals surface area contributed by atoms with Gasteiger partial charge in [-0.25, -0.2) is 4.98 Å². The van der Waals surface area contributed by atoms with Crippen molar-refractivity contribution in [3.05, 3.63) is 11.2 Å². The highest BCUT2D eigenvalue weighted by Gasteiger charge is 2.35. The Hall–Kier alpha value is -1.07. The Kier molecular flexibility index (Phi) is 3.26. The van der Waals surface area contributed by atoms with Gasteiger partial charge in [-0.1, -0.05) is 11.6 Å². The Balaban J connectivity index is 1.82. The summed E-state index contributed by atoms with van der Waals surface area (Å²) in [7, 11) is 1.57. The monoisotopic (exact) mass is 268 g/mol.